The molecule has 1 aromatic carbocycles. The van der Waals surface area contributed by atoms with Gasteiger partial charge in [-0.05, 0) is 43.4 Å². The van der Waals surface area contributed by atoms with Gasteiger partial charge in [0.1, 0.15) is 23.5 Å². The van der Waals surface area contributed by atoms with Crippen LogP contribution in [0.25, 0.3) is 22.2 Å². The number of aromatic nitrogens is 6. The maximum atomic E-state index is 13.6. The molecule has 0 aliphatic heterocycles. The van der Waals surface area contributed by atoms with Crippen LogP contribution in [0.5, 0.6) is 0 Å². The Hall–Kier alpha value is -3.27. The zero-order chi connectivity index (χ0) is 24.7. The van der Waals surface area contributed by atoms with E-state index in [0.29, 0.717) is 22.5 Å². The fraction of sp³-hybridized carbons (Fsp3) is 0.440. The quantitative estimate of drug-likeness (QED) is 0.390. The maximum absolute atomic E-state index is 13.6. The molecule has 184 valence electrons. The van der Waals surface area contributed by atoms with Crippen LogP contribution < -0.4 is 5.73 Å². The second-order valence-electron chi connectivity index (χ2n) is 9.48. The van der Waals surface area contributed by atoms with Gasteiger partial charge in [0, 0.05) is 30.0 Å². The molecule has 0 spiro atoms. The van der Waals surface area contributed by atoms with Gasteiger partial charge in [0.15, 0.2) is 0 Å². The molecule has 0 unspecified atom stereocenters. The van der Waals surface area contributed by atoms with Gasteiger partial charge in [-0.15, -0.1) is 10.2 Å². The SMILES string of the molecule is C[C@H](N)c1nc(C(F)(F)F)cc2c(-c3cccc([C@H](c4nncn4C)C4CCCCC4)c3)n[nH]c12. The molecule has 0 radical (unpaired) electrons. The standard InChI is InChI=1S/C25H28F3N7/c1-14(29)21-23-18(12-19(31-21)25(26,27)28)22(32-33-23)17-10-6-9-16(11-17)20(15-7-4-3-5-8-15)24-34-30-13-35(24)2/h6,9-15,20H,3-5,7-8,29H2,1-2H3,(H,32,33)/t14-,20+/m0/s1. The first kappa shape index (κ1) is 23.5. The lowest BCUT2D eigenvalue weighted by molar-refractivity contribution is -0.141. The van der Waals surface area contributed by atoms with Gasteiger partial charge in [0.05, 0.1) is 11.2 Å². The number of hydrogen-bond acceptors (Lipinski definition) is 5. The number of H-pyrrole nitrogens is 1. The highest BCUT2D eigenvalue weighted by Crippen LogP contribution is 2.41. The van der Waals surface area contributed by atoms with Crippen LogP contribution in [0, 0.1) is 5.92 Å². The van der Waals surface area contributed by atoms with E-state index >= 15 is 0 Å². The van der Waals surface area contributed by atoms with Gasteiger partial charge in [-0.3, -0.25) is 5.10 Å². The van der Waals surface area contributed by atoms with E-state index in [-0.39, 0.29) is 11.6 Å². The largest absolute Gasteiger partial charge is 0.433 e. The van der Waals surface area contributed by atoms with Gasteiger partial charge >= 0.3 is 6.18 Å². The average molecular weight is 484 g/mol. The monoisotopic (exact) mass is 483 g/mol. The molecule has 3 heterocycles. The number of nitrogens with two attached hydrogens (primary N) is 1. The predicted molar refractivity (Wildman–Crippen MR) is 126 cm³/mol. The molecule has 1 aliphatic rings. The van der Waals surface area contributed by atoms with Crippen LogP contribution in [0.3, 0.4) is 0 Å². The number of halogens is 3. The summed E-state index contributed by atoms with van der Waals surface area (Å²) in [6.45, 7) is 1.61. The highest BCUT2D eigenvalue weighted by atomic mass is 19.4. The minimum atomic E-state index is -4.59. The first-order valence-electron chi connectivity index (χ1n) is 11.9. The third-order valence-corrected chi connectivity index (χ3v) is 6.97. The summed E-state index contributed by atoms with van der Waals surface area (Å²) in [5.41, 5.74) is 7.77. The highest BCUT2D eigenvalue weighted by molar-refractivity contribution is 5.94. The Morgan fingerprint density at radius 1 is 1.14 bits per heavy atom. The van der Waals surface area contributed by atoms with Crippen LogP contribution in [-0.2, 0) is 13.2 Å². The van der Waals surface area contributed by atoms with Gasteiger partial charge in [-0.1, -0.05) is 37.5 Å². The number of nitrogens with zero attached hydrogens (tertiary/aromatic N) is 5. The van der Waals surface area contributed by atoms with Gasteiger partial charge in [0.2, 0.25) is 0 Å². The van der Waals surface area contributed by atoms with Crippen molar-refractivity contribution >= 4 is 10.9 Å². The predicted octanol–water partition coefficient (Wildman–Crippen LogP) is 5.50. The Morgan fingerprint density at radius 2 is 1.91 bits per heavy atom. The number of aromatic amines is 1. The lowest BCUT2D eigenvalue weighted by Gasteiger charge is -2.30. The van der Waals surface area contributed by atoms with Crippen LogP contribution in [0.4, 0.5) is 13.2 Å². The van der Waals surface area contributed by atoms with Crippen molar-refractivity contribution < 1.29 is 13.2 Å². The van der Waals surface area contributed by atoms with E-state index in [9.17, 15) is 13.2 Å². The van der Waals surface area contributed by atoms with Crippen molar-refractivity contribution in [2.24, 2.45) is 18.7 Å². The molecule has 3 aromatic heterocycles. The lowest BCUT2D eigenvalue weighted by atomic mass is 9.76. The minimum absolute atomic E-state index is 0.0417. The van der Waals surface area contributed by atoms with Crippen molar-refractivity contribution in [3.05, 3.63) is 59.4 Å². The zero-order valence-electron chi connectivity index (χ0n) is 19.7. The molecule has 0 amide bonds. The molecule has 5 rings (SSSR count). The van der Waals surface area contributed by atoms with Gasteiger partial charge in [0.25, 0.3) is 0 Å². The molecule has 1 fully saturated rings. The van der Waals surface area contributed by atoms with Gasteiger partial charge < -0.3 is 10.3 Å². The fourth-order valence-corrected chi connectivity index (χ4v) is 5.29. The summed E-state index contributed by atoms with van der Waals surface area (Å²) in [4.78, 5) is 3.79. The highest BCUT2D eigenvalue weighted by Gasteiger charge is 2.35. The number of benzene rings is 1. The summed E-state index contributed by atoms with van der Waals surface area (Å²) in [7, 11) is 1.94. The fourth-order valence-electron chi connectivity index (χ4n) is 5.29. The molecule has 0 saturated heterocycles. The van der Waals surface area contributed by atoms with E-state index in [1.54, 1.807) is 13.3 Å². The molecular formula is C25H28F3N7. The Morgan fingerprint density at radius 3 is 2.57 bits per heavy atom. The molecule has 4 aromatic rings. The Bertz CT molecular complexity index is 1330. The first-order chi connectivity index (χ1) is 16.7. The van der Waals surface area contributed by atoms with Crippen LogP contribution in [0.1, 0.15) is 73.8 Å². The molecular weight excluding hydrogens is 455 g/mol. The summed E-state index contributed by atoms with van der Waals surface area (Å²) >= 11 is 0. The summed E-state index contributed by atoms with van der Waals surface area (Å²) in [6.07, 6.45) is 2.91. The first-order valence-corrected chi connectivity index (χ1v) is 11.9. The second kappa shape index (κ2) is 9.07. The summed E-state index contributed by atoms with van der Waals surface area (Å²) in [5.74, 6) is 1.35. The van der Waals surface area contributed by atoms with Crippen molar-refractivity contribution in [3.8, 4) is 11.3 Å². The lowest BCUT2D eigenvalue weighted by Crippen LogP contribution is -2.20. The molecule has 2 atom stereocenters. The van der Waals surface area contributed by atoms with Gasteiger partial charge in [-0.2, -0.15) is 18.3 Å². The number of nitrogens with one attached hydrogen (secondary N) is 1. The molecule has 10 heteroatoms. The number of alkyl halides is 3. The minimum Gasteiger partial charge on any atom is -0.323 e. The van der Waals surface area contributed by atoms with E-state index in [1.165, 1.54) is 19.3 Å². The second-order valence-corrected chi connectivity index (χ2v) is 9.48. The number of pyridine rings is 1. The van der Waals surface area contributed by atoms with E-state index in [1.807, 2.05) is 29.8 Å². The Kier molecular flexibility index (Phi) is 6.08. The van der Waals surface area contributed by atoms with Crippen LogP contribution >= 0.6 is 0 Å². The number of hydrogen-bond donors (Lipinski definition) is 2. The Balaban J connectivity index is 1.64. The molecule has 3 N–H and O–H groups in total. The molecule has 0 bridgehead atoms. The summed E-state index contributed by atoms with van der Waals surface area (Å²) in [5, 5.41) is 16.2. The topological polar surface area (TPSA) is 98.3 Å². The number of fused-ring (bicyclic) bond motifs is 1. The summed E-state index contributed by atoms with van der Waals surface area (Å²) in [6, 6.07) is 8.23. The van der Waals surface area contributed by atoms with Crippen molar-refractivity contribution in [1.82, 2.24) is 29.9 Å². The molecule has 35 heavy (non-hydrogen) atoms. The summed E-state index contributed by atoms with van der Waals surface area (Å²) < 4.78 is 42.8. The maximum Gasteiger partial charge on any atom is 0.433 e. The van der Waals surface area contributed by atoms with E-state index < -0.39 is 17.9 Å². The van der Waals surface area contributed by atoms with Gasteiger partial charge in [-0.25, -0.2) is 4.98 Å². The Labute approximate surface area is 201 Å². The van der Waals surface area contributed by atoms with Crippen molar-refractivity contribution in [2.45, 2.75) is 57.2 Å². The van der Waals surface area contributed by atoms with Crippen LogP contribution in [0.2, 0.25) is 0 Å². The zero-order valence-corrected chi connectivity index (χ0v) is 19.7. The molecule has 1 saturated carbocycles. The number of aryl methyl sites for hydroxylation is 1. The van der Waals surface area contributed by atoms with E-state index in [2.05, 4.69) is 31.4 Å². The van der Waals surface area contributed by atoms with Crippen LogP contribution in [-0.4, -0.2) is 29.9 Å². The smallest absolute Gasteiger partial charge is 0.323 e. The third-order valence-electron chi connectivity index (χ3n) is 6.97. The average Bonchev–Trinajstić information content (AvgIpc) is 3.45. The van der Waals surface area contributed by atoms with Crippen molar-refractivity contribution in [1.29, 1.82) is 0 Å². The van der Waals surface area contributed by atoms with Crippen LogP contribution in [0.15, 0.2) is 36.7 Å². The van der Waals surface area contributed by atoms with E-state index in [4.69, 9.17) is 5.73 Å². The third kappa shape index (κ3) is 4.42. The van der Waals surface area contributed by atoms with Crippen molar-refractivity contribution in [2.75, 3.05) is 0 Å². The molecule has 7 nitrogen and oxygen atoms in total. The number of rotatable bonds is 5. The van der Waals surface area contributed by atoms with Crippen molar-refractivity contribution in [3.63, 3.8) is 0 Å². The normalized spacial score (nSPS) is 17.1. The molecule has 1 aliphatic carbocycles. The van der Waals surface area contributed by atoms with E-state index in [0.717, 1.165) is 35.9 Å².